The molecule has 0 spiro atoms. The molecule has 15 heavy (non-hydrogen) atoms. The largest absolute Gasteiger partial charge is 0.326 e. The van der Waals surface area contributed by atoms with Gasteiger partial charge in [-0.1, -0.05) is 20.3 Å². The molecule has 1 amide bonds. The third-order valence-corrected chi connectivity index (χ3v) is 3.08. The van der Waals surface area contributed by atoms with Crippen molar-refractivity contribution in [1.82, 2.24) is 0 Å². The Balaban J connectivity index is 2.48. The SMILES string of the molecule is CCC(C)CC(=O)Nc1ccc(I)cc1. The number of carbonyl (C=O) groups is 1. The molecule has 1 rings (SSSR count). The van der Waals surface area contributed by atoms with Gasteiger partial charge in [-0.15, -0.1) is 0 Å². The maximum Gasteiger partial charge on any atom is 0.224 e. The van der Waals surface area contributed by atoms with Crippen LogP contribution in [0.25, 0.3) is 0 Å². The molecule has 1 atom stereocenters. The second kappa shape index (κ2) is 6.10. The summed E-state index contributed by atoms with van der Waals surface area (Å²) in [5.41, 5.74) is 0.878. The number of hydrogen-bond donors (Lipinski definition) is 1. The Morgan fingerprint density at radius 2 is 2.00 bits per heavy atom. The molecule has 1 aromatic rings. The van der Waals surface area contributed by atoms with Gasteiger partial charge in [0.15, 0.2) is 0 Å². The van der Waals surface area contributed by atoms with E-state index < -0.39 is 0 Å². The molecule has 3 heteroatoms. The van der Waals surface area contributed by atoms with Crippen LogP contribution in [0.4, 0.5) is 5.69 Å². The molecule has 1 unspecified atom stereocenters. The van der Waals surface area contributed by atoms with Crippen molar-refractivity contribution in [3.8, 4) is 0 Å². The molecule has 0 aliphatic heterocycles. The Morgan fingerprint density at radius 1 is 1.40 bits per heavy atom. The Bertz CT molecular complexity index is 321. The normalized spacial score (nSPS) is 12.2. The predicted octanol–water partition coefficient (Wildman–Crippen LogP) is 3.67. The Hall–Kier alpha value is -0.580. The lowest BCUT2D eigenvalue weighted by Crippen LogP contribution is -2.14. The maximum atomic E-state index is 11.6. The Morgan fingerprint density at radius 3 is 2.53 bits per heavy atom. The topological polar surface area (TPSA) is 29.1 Å². The van der Waals surface area contributed by atoms with Crippen LogP contribution < -0.4 is 5.32 Å². The molecule has 0 aliphatic rings. The first-order valence-corrected chi connectivity index (χ1v) is 6.25. The molecular weight excluding hydrogens is 301 g/mol. The summed E-state index contributed by atoms with van der Waals surface area (Å²) in [6.45, 7) is 4.19. The molecule has 0 radical (unpaired) electrons. The summed E-state index contributed by atoms with van der Waals surface area (Å²) >= 11 is 2.24. The first-order valence-electron chi connectivity index (χ1n) is 5.17. The lowest BCUT2D eigenvalue weighted by molar-refractivity contribution is -0.117. The standard InChI is InChI=1S/C12H16INO/c1-3-9(2)8-12(15)14-11-6-4-10(13)5-7-11/h4-7,9H,3,8H2,1-2H3,(H,14,15). The maximum absolute atomic E-state index is 11.6. The zero-order chi connectivity index (χ0) is 11.3. The van der Waals surface area contributed by atoms with Crippen LogP contribution in [0.2, 0.25) is 0 Å². The lowest BCUT2D eigenvalue weighted by atomic mass is 10.1. The monoisotopic (exact) mass is 317 g/mol. The predicted molar refractivity (Wildman–Crippen MR) is 71.9 cm³/mol. The third kappa shape index (κ3) is 4.64. The van der Waals surface area contributed by atoms with Crippen molar-refractivity contribution < 1.29 is 4.79 Å². The molecule has 1 N–H and O–H groups in total. The zero-order valence-corrected chi connectivity index (χ0v) is 11.2. The van der Waals surface area contributed by atoms with E-state index in [1.165, 1.54) is 3.57 Å². The summed E-state index contributed by atoms with van der Waals surface area (Å²) in [4.78, 5) is 11.6. The van der Waals surface area contributed by atoms with Crippen molar-refractivity contribution in [3.63, 3.8) is 0 Å². The van der Waals surface area contributed by atoms with E-state index in [0.29, 0.717) is 12.3 Å². The first kappa shape index (κ1) is 12.5. The first-order chi connectivity index (χ1) is 7.11. The average Bonchev–Trinajstić information content (AvgIpc) is 2.21. The van der Waals surface area contributed by atoms with Gasteiger partial charge in [-0.25, -0.2) is 0 Å². The average molecular weight is 317 g/mol. The van der Waals surface area contributed by atoms with Crippen LogP contribution in [0, 0.1) is 9.49 Å². The van der Waals surface area contributed by atoms with Gasteiger partial charge < -0.3 is 5.32 Å². The minimum Gasteiger partial charge on any atom is -0.326 e. The van der Waals surface area contributed by atoms with Crippen molar-refractivity contribution in [3.05, 3.63) is 27.8 Å². The van der Waals surface area contributed by atoms with Crippen LogP contribution in [-0.4, -0.2) is 5.91 Å². The third-order valence-electron chi connectivity index (χ3n) is 2.36. The second-order valence-electron chi connectivity index (χ2n) is 3.77. The summed E-state index contributed by atoms with van der Waals surface area (Å²) in [6, 6.07) is 7.82. The number of anilines is 1. The number of hydrogen-bond acceptors (Lipinski definition) is 1. The molecule has 0 aliphatic carbocycles. The molecule has 0 fully saturated rings. The summed E-state index contributed by atoms with van der Waals surface area (Å²) in [6.07, 6.45) is 1.64. The second-order valence-corrected chi connectivity index (χ2v) is 5.02. The molecule has 0 saturated heterocycles. The van der Waals surface area contributed by atoms with Gasteiger partial charge in [-0.3, -0.25) is 4.79 Å². The fourth-order valence-electron chi connectivity index (χ4n) is 1.21. The van der Waals surface area contributed by atoms with E-state index in [0.717, 1.165) is 12.1 Å². The van der Waals surface area contributed by atoms with E-state index in [-0.39, 0.29) is 5.91 Å². The summed E-state index contributed by atoms with van der Waals surface area (Å²) in [7, 11) is 0. The van der Waals surface area contributed by atoms with Crippen molar-refractivity contribution in [1.29, 1.82) is 0 Å². The Kier molecular flexibility index (Phi) is 5.08. The van der Waals surface area contributed by atoms with Gasteiger partial charge in [0.2, 0.25) is 5.91 Å². The number of amides is 1. The number of benzene rings is 1. The van der Waals surface area contributed by atoms with Crippen LogP contribution in [0.15, 0.2) is 24.3 Å². The van der Waals surface area contributed by atoms with Gasteiger partial charge in [0.1, 0.15) is 0 Å². The van der Waals surface area contributed by atoms with Crippen LogP contribution in [-0.2, 0) is 4.79 Å². The number of rotatable bonds is 4. The molecular formula is C12H16INO. The van der Waals surface area contributed by atoms with Crippen LogP contribution in [0.1, 0.15) is 26.7 Å². The molecule has 0 bridgehead atoms. The molecule has 2 nitrogen and oxygen atoms in total. The highest BCUT2D eigenvalue weighted by atomic mass is 127. The van der Waals surface area contributed by atoms with E-state index >= 15 is 0 Å². The van der Waals surface area contributed by atoms with Crippen LogP contribution in [0.5, 0.6) is 0 Å². The minimum atomic E-state index is 0.102. The molecule has 0 aromatic heterocycles. The van der Waals surface area contributed by atoms with Gasteiger partial charge in [-0.05, 0) is 52.8 Å². The summed E-state index contributed by atoms with van der Waals surface area (Å²) in [5.74, 6) is 0.555. The fourth-order valence-corrected chi connectivity index (χ4v) is 1.57. The van der Waals surface area contributed by atoms with E-state index in [1.54, 1.807) is 0 Å². The van der Waals surface area contributed by atoms with Crippen molar-refractivity contribution in [2.75, 3.05) is 5.32 Å². The van der Waals surface area contributed by atoms with E-state index in [1.807, 2.05) is 24.3 Å². The van der Waals surface area contributed by atoms with Gasteiger partial charge in [-0.2, -0.15) is 0 Å². The van der Waals surface area contributed by atoms with Gasteiger partial charge >= 0.3 is 0 Å². The van der Waals surface area contributed by atoms with Crippen LogP contribution in [0.3, 0.4) is 0 Å². The zero-order valence-electron chi connectivity index (χ0n) is 9.09. The summed E-state index contributed by atoms with van der Waals surface area (Å²) < 4.78 is 1.17. The molecule has 1 aromatic carbocycles. The highest BCUT2D eigenvalue weighted by Crippen LogP contribution is 2.13. The molecule has 0 saturated carbocycles. The van der Waals surface area contributed by atoms with Crippen LogP contribution >= 0.6 is 22.6 Å². The molecule has 0 heterocycles. The number of carbonyl (C=O) groups excluding carboxylic acids is 1. The highest BCUT2D eigenvalue weighted by Gasteiger charge is 2.06. The quantitative estimate of drug-likeness (QED) is 0.844. The van der Waals surface area contributed by atoms with Crippen molar-refractivity contribution in [2.24, 2.45) is 5.92 Å². The van der Waals surface area contributed by atoms with E-state index in [9.17, 15) is 4.79 Å². The van der Waals surface area contributed by atoms with E-state index in [4.69, 9.17) is 0 Å². The highest BCUT2D eigenvalue weighted by molar-refractivity contribution is 14.1. The smallest absolute Gasteiger partial charge is 0.224 e. The van der Waals surface area contributed by atoms with Gasteiger partial charge in [0, 0.05) is 15.7 Å². The van der Waals surface area contributed by atoms with E-state index in [2.05, 4.69) is 41.8 Å². The lowest BCUT2D eigenvalue weighted by Gasteiger charge is -2.09. The summed E-state index contributed by atoms with van der Waals surface area (Å²) in [5, 5.41) is 2.89. The number of nitrogens with one attached hydrogen (secondary N) is 1. The van der Waals surface area contributed by atoms with Gasteiger partial charge in [0.25, 0.3) is 0 Å². The fraction of sp³-hybridized carbons (Fsp3) is 0.417. The number of halogens is 1. The van der Waals surface area contributed by atoms with Crippen molar-refractivity contribution in [2.45, 2.75) is 26.7 Å². The minimum absolute atomic E-state index is 0.102. The molecule has 82 valence electrons. The van der Waals surface area contributed by atoms with Crippen molar-refractivity contribution >= 4 is 34.2 Å². The van der Waals surface area contributed by atoms with Gasteiger partial charge in [0.05, 0.1) is 0 Å². The Labute approximate surface area is 105 Å².